The maximum atomic E-state index is 12.2. The van der Waals surface area contributed by atoms with Crippen molar-refractivity contribution in [2.45, 2.75) is 37.8 Å². The molecule has 3 rings (SSSR count). The lowest BCUT2D eigenvalue weighted by Crippen LogP contribution is -2.30. The van der Waals surface area contributed by atoms with Crippen LogP contribution in [0.25, 0.3) is 10.8 Å². The van der Waals surface area contributed by atoms with Gasteiger partial charge in [-0.15, -0.1) is 21.5 Å². The van der Waals surface area contributed by atoms with Gasteiger partial charge in [-0.1, -0.05) is 42.1 Å². The minimum atomic E-state index is -0.332. The highest BCUT2D eigenvalue weighted by atomic mass is 32.2. The van der Waals surface area contributed by atoms with E-state index in [4.69, 9.17) is 4.42 Å². The molecule has 3 aromatic rings. The molecular weight excluding hydrogens is 356 g/mol. The van der Waals surface area contributed by atoms with E-state index in [-0.39, 0.29) is 11.2 Å². The Labute approximate surface area is 154 Å². The van der Waals surface area contributed by atoms with Crippen LogP contribution >= 0.6 is 23.1 Å². The molecule has 8 heteroatoms. The van der Waals surface area contributed by atoms with Crippen molar-refractivity contribution in [1.29, 1.82) is 0 Å². The molecule has 0 aliphatic rings. The van der Waals surface area contributed by atoms with Crippen LogP contribution in [0.4, 0.5) is 0 Å². The van der Waals surface area contributed by atoms with Gasteiger partial charge in [0.1, 0.15) is 4.88 Å². The number of benzene rings is 1. The van der Waals surface area contributed by atoms with E-state index in [1.165, 1.54) is 23.1 Å². The minimum Gasteiger partial charge on any atom is -0.410 e. The first-order valence-corrected chi connectivity index (χ1v) is 9.48. The van der Waals surface area contributed by atoms with Gasteiger partial charge < -0.3 is 9.73 Å². The second-order valence-corrected chi connectivity index (χ2v) is 7.98. The first kappa shape index (κ1) is 17.6. The highest BCUT2D eigenvalue weighted by molar-refractivity contribution is 8.00. The van der Waals surface area contributed by atoms with E-state index >= 15 is 0 Å². The van der Waals surface area contributed by atoms with Gasteiger partial charge in [0.2, 0.25) is 5.91 Å². The average molecular weight is 374 g/mol. The van der Waals surface area contributed by atoms with Gasteiger partial charge in [0.15, 0.2) is 0 Å². The number of hydrogen-bond acceptors (Lipinski definition) is 7. The molecule has 0 saturated carbocycles. The van der Waals surface area contributed by atoms with Crippen molar-refractivity contribution < 1.29 is 9.21 Å². The Morgan fingerprint density at radius 1 is 1.28 bits per heavy atom. The second-order valence-electron chi connectivity index (χ2n) is 5.48. The summed E-state index contributed by atoms with van der Waals surface area (Å²) >= 11 is 2.76. The fraction of sp³-hybridized carbons (Fsp3) is 0.294. The molecule has 0 bridgehead atoms. The SMILES string of the molecule is Cc1nc(C)c(-c2nnc(SC(C)C(=O)NCc3ccccc3)o2)s1. The molecule has 1 N–H and O–H groups in total. The third-order valence-corrected chi connectivity index (χ3v) is 5.46. The number of carbonyl (C=O) groups excluding carboxylic acids is 1. The molecule has 0 fully saturated rings. The number of amides is 1. The van der Waals surface area contributed by atoms with Gasteiger partial charge in [-0.25, -0.2) is 4.98 Å². The number of thiazole rings is 1. The van der Waals surface area contributed by atoms with Gasteiger partial charge in [0, 0.05) is 6.54 Å². The third kappa shape index (κ3) is 4.46. The first-order chi connectivity index (χ1) is 12.0. The topological polar surface area (TPSA) is 80.9 Å². The smallest absolute Gasteiger partial charge is 0.277 e. The average Bonchev–Trinajstić information content (AvgIpc) is 3.19. The molecular formula is C17H18N4O2S2. The zero-order valence-electron chi connectivity index (χ0n) is 14.1. The Morgan fingerprint density at radius 2 is 2.04 bits per heavy atom. The van der Waals surface area contributed by atoms with Crippen LogP contribution in [0, 0.1) is 13.8 Å². The number of nitrogens with zero attached hydrogens (tertiary/aromatic N) is 3. The molecule has 1 unspecified atom stereocenters. The fourth-order valence-electron chi connectivity index (χ4n) is 2.21. The summed E-state index contributed by atoms with van der Waals surface area (Å²) in [7, 11) is 0. The summed E-state index contributed by atoms with van der Waals surface area (Å²) in [5.74, 6) is 0.376. The van der Waals surface area contributed by atoms with E-state index in [0.717, 1.165) is 21.1 Å². The molecule has 1 amide bonds. The van der Waals surface area contributed by atoms with Gasteiger partial charge in [-0.2, -0.15) is 0 Å². The fourth-order valence-corrected chi connectivity index (χ4v) is 3.76. The quantitative estimate of drug-likeness (QED) is 0.664. The van der Waals surface area contributed by atoms with Crippen molar-refractivity contribution in [3.63, 3.8) is 0 Å². The summed E-state index contributed by atoms with van der Waals surface area (Å²) in [5.41, 5.74) is 1.93. The Kier molecular flexibility index (Phi) is 5.50. The van der Waals surface area contributed by atoms with Crippen molar-refractivity contribution in [1.82, 2.24) is 20.5 Å². The van der Waals surface area contributed by atoms with Crippen molar-refractivity contribution in [3.05, 3.63) is 46.6 Å². The summed E-state index contributed by atoms with van der Waals surface area (Å²) in [6.07, 6.45) is 0. The van der Waals surface area contributed by atoms with Crippen molar-refractivity contribution in [2.24, 2.45) is 0 Å². The zero-order chi connectivity index (χ0) is 17.8. The monoisotopic (exact) mass is 374 g/mol. The van der Waals surface area contributed by atoms with E-state index < -0.39 is 0 Å². The third-order valence-electron chi connectivity index (χ3n) is 3.46. The minimum absolute atomic E-state index is 0.0709. The molecule has 0 spiro atoms. The lowest BCUT2D eigenvalue weighted by Gasteiger charge is -2.09. The number of carbonyl (C=O) groups is 1. The van der Waals surface area contributed by atoms with E-state index in [1.807, 2.05) is 51.1 Å². The highest BCUT2D eigenvalue weighted by Gasteiger charge is 2.20. The van der Waals surface area contributed by atoms with Crippen molar-refractivity contribution in [3.8, 4) is 10.8 Å². The van der Waals surface area contributed by atoms with E-state index in [9.17, 15) is 4.79 Å². The normalized spacial score (nSPS) is 12.1. The molecule has 0 aliphatic carbocycles. The Hall–Kier alpha value is -2.19. The Bertz CT molecular complexity index is 861. The molecule has 0 radical (unpaired) electrons. The van der Waals surface area contributed by atoms with Crippen LogP contribution in [0.1, 0.15) is 23.2 Å². The number of thioether (sulfide) groups is 1. The van der Waals surface area contributed by atoms with E-state index in [2.05, 4.69) is 20.5 Å². The lowest BCUT2D eigenvalue weighted by molar-refractivity contribution is -0.120. The van der Waals surface area contributed by atoms with Crippen molar-refractivity contribution in [2.75, 3.05) is 0 Å². The number of aryl methyl sites for hydroxylation is 2. The van der Waals surface area contributed by atoms with Gasteiger partial charge in [-0.3, -0.25) is 4.79 Å². The van der Waals surface area contributed by atoms with Crippen LogP contribution in [0.3, 0.4) is 0 Å². The summed E-state index contributed by atoms with van der Waals surface area (Å²) < 4.78 is 5.68. The van der Waals surface area contributed by atoms with Crippen LogP contribution in [-0.4, -0.2) is 26.3 Å². The first-order valence-electron chi connectivity index (χ1n) is 7.79. The number of nitrogens with one attached hydrogen (secondary N) is 1. The molecule has 2 heterocycles. The number of aromatic nitrogens is 3. The van der Waals surface area contributed by atoms with E-state index in [0.29, 0.717) is 17.7 Å². The van der Waals surface area contributed by atoms with Crippen LogP contribution in [0.2, 0.25) is 0 Å². The Balaban J connectivity index is 1.58. The van der Waals surface area contributed by atoms with Crippen molar-refractivity contribution >= 4 is 29.0 Å². The second kappa shape index (κ2) is 7.79. The number of hydrogen-bond donors (Lipinski definition) is 1. The predicted molar refractivity (Wildman–Crippen MR) is 98.5 cm³/mol. The van der Waals surface area contributed by atoms with Gasteiger partial charge >= 0.3 is 0 Å². The molecule has 130 valence electrons. The zero-order valence-corrected chi connectivity index (χ0v) is 15.8. The molecule has 1 aromatic carbocycles. The standard InChI is InChI=1S/C17H18N4O2S2/c1-10-14(25-12(3)19-10)16-20-21-17(23-16)24-11(2)15(22)18-9-13-7-5-4-6-8-13/h4-8,11H,9H2,1-3H3,(H,18,22). The molecule has 1 atom stereocenters. The van der Waals surface area contributed by atoms with Gasteiger partial charge in [-0.05, 0) is 26.3 Å². The highest BCUT2D eigenvalue weighted by Crippen LogP contribution is 2.31. The molecule has 0 aliphatic heterocycles. The molecule has 0 saturated heterocycles. The van der Waals surface area contributed by atoms with Crippen LogP contribution < -0.4 is 5.32 Å². The van der Waals surface area contributed by atoms with Crippen LogP contribution in [0.15, 0.2) is 40.0 Å². The predicted octanol–water partition coefficient (Wildman–Crippen LogP) is 3.61. The molecule has 25 heavy (non-hydrogen) atoms. The van der Waals surface area contributed by atoms with Gasteiger partial charge in [0.05, 0.1) is 16.0 Å². The Morgan fingerprint density at radius 3 is 2.72 bits per heavy atom. The lowest BCUT2D eigenvalue weighted by atomic mass is 10.2. The van der Waals surface area contributed by atoms with Gasteiger partial charge in [0.25, 0.3) is 11.1 Å². The van der Waals surface area contributed by atoms with E-state index in [1.54, 1.807) is 0 Å². The summed E-state index contributed by atoms with van der Waals surface area (Å²) in [4.78, 5) is 17.5. The summed E-state index contributed by atoms with van der Waals surface area (Å²) in [6, 6.07) is 9.79. The number of rotatable bonds is 6. The maximum Gasteiger partial charge on any atom is 0.277 e. The molecule has 2 aromatic heterocycles. The maximum absolute atomic E-state index is 12.2. The molecule has 6 nitrogen and oxygen atoms in total. The van der Waals surface area contributed by atoms with Crippen LogP contribution in [0.5, 0.6) is 0 Å². The largest absolute Gasteiger partial charge is 0.410 e. The summed E-state index contributed by atoms with van der Waals surface area (Å²) in [5, 5.41) is 12.0. The summed E-state index contributed by atoms with van der Waals surface area (Å²) in [6.45, 7) is 6.16. The van der Waals surface area contributed by atoms with Crippen LogP contribution in [-0.2, 0) is 11.3 Å².